The van der Waals surface area contributed by atoms with Gasteiger partial charge in [0.25, 0.3) is 0 Å². The number of nitrogens with zero attached hydrogens (tertiary/aromatic N) is 1. The van der Waals surface area contributed by atoms with Crippen molar-refractivity contribution in [1.82, 2.24) is 15.8 Å². The quantitative estimate of drug-likeness (QED) is 0.137. The van der Waals surface area contributed by atoms with Gasteiger partial charge in [0, 0.05) is 22.6 Å². The zero-order valence-electron chi connectivity index (χ0n) is 24.3. The molecular formula is C28H29F6N3O9S. The van der Waals surface area contributed by atoms with Crippen molar-refractivity contribution >= 4 is 38.6 Å². The Morgan fingerprint density at radius 1 is 0.979 bits per heavy atom. The molecule has 0 spiro atoms. The number of piperidine rings is 1. The van der Waals surface area contributed by atoms with Gasteiger partial charge in [0.1, 0.15) is 12.4 Å². The molecule has 1 saturated heterocycles. The number of aliphatic carboxylic acids is 2. The molecule has 12 nitrogen and oxygen atoms in total. The molecule has 1 aromatic heterocycles. The molecule has 0 unspecified atom stereocenters. The van der Waals surface area contributed by atoms with Crippen LogP contribution in [0.4, 0.5) is 26.3 Å². The SMILES string of the molecule is Cc1cc(COc2ccc(S(=O)(=O)C[C@@H]3CNCC[C@@H]3C(=O)NO)cc2)c2ccccc2n1.O=C(O)C(F)(F)F.O=C(O)C(F)(F)F. The highest BCUT2D eigenvalue weighted by Gasteiger charge is 2.39. The molecule has 47 heavy (non-hydrogen) atoms. The number of amides is 1. The summed E-state index contributed by atoms with van der Waals surface area (Å²) in [5.41, 5.74) is 4.47. The number of alkyl halides is 6. The Hall–Kier alpha value is -4.49. The van der Waals surface area contributed by atoms with Gasteiger partial charge in [0.15, 0.2) is 9.84 Å². The maximum absolute atomic E-state index is 13.0. The van der Waals surface area contributed by atoms with E-state index in [0.717, 1.165) is 22.2 Å². The number of ether oxygens (including phenoxy) is 1. The molecule has 0 saturated carbocycles. The smallest absolute Gasteiger partial charge is 0.489 e. The number of carboxylic acid groups (broad SMARTS) is 2. The van der Waals surface area contributed by atoms with Gasteiger partial charge in [0.2, 0.25) is 5.91 Å². The maximum atomic E-state index is 13.0. The fourth-order valence-electron chi connectivity index (χ4n) is 4.32. The molecule has 0 radical (unpaired) electrons. The first-order valence-corrected chi connectivity index (χ1v) is 15.0. The fourth-order valence-corrected chi connectivity index (χ4v) is 5.98. The number of hydroxylamine groups is 1. The van der Waals surface area contributed by atoms with Crippen molar-refractivity contribution in [2.24, 2.45) is 11.8 Å². The number of para-hydroxylation sites is 1. The van der Waals surface area contributed by atoms with Crippen molar-refractivity contribution in [3.05, 3.63) is 65.9 Å². The molecule has 19 heteroatoms. The topological polar surface area (TPSA) is 192 Å². The van der Waals surface area contributed by atoms with E-state index >= 15 is 0 Å². The maximum Gasteiger partial charge on any atom is 0.490 e. The molecule has 1 amide bonds. The molecule has 4 rings (SSSR count). The number of benzene rings is 2. The Labute approximate surface area is 263 Å². The molecule has 258 valence electrons. The van der Waals surface area contributed by atoms with E-state index in [9.17, 15) is 39.6 Å². The first-order valence-electron chi connectivity index (χ1n) is 13.3. The van der Waals surface area contributed by atoms with Crippen molar-refractivity contribution in [2.45, 2.75) is 37.2 Å². The minimum atomic E-state index is -5.08. The average molecular weight is 698 g/mol. The van der Waals surface area contributed by atoms with Gasteiger partial charge >= 0.3 is 24.3 Å². The Bertz CT molecular complexity index is 1630. The Balaban J connectivity index is 0.000000459. The molecule has 2 aromatic carbocycles. The lowest BCUT2D eigenvalue weighted by Crippen LogP contribution is -2.46. The molecule has 5 N–H and O–H groups in total. The second kappa shape index (κ2) is 16.4. The molecule has 1 aliphatic rings. The van der Waals surface area contributed by atoms with E-state index in [0.29, 0.717) is 31.9 Å². The summed E-state index contributed by atoms with van der Waals surface area (Å²) in [5.74, 6) is -6.65. The van der Waals surface area contributed by atoms with Gasteiger partial charge in [-0.1, -0.05) is 18.2 Å². The van der Waals surface area contributed by atoms with Crippen molar-refractivity contribution in [3.8, 4) is 5.75 Å². The van der Waals surface area contributed by atoms with Crippen LogP contribution < -0.4 is 15.5 Å². The second-order valence-electron chi connectivity index (χ2n) is 9.92. The fraction of sp³-hybridized carbons (Fsp3) is 0.357. The number of fused-ring (bicyclic) bond motifs is 1. The van der Waals surface area contributed by atoms with E-state index in [4.69, 9.17) is 29.7 Å². The van der Waals surface area contributed by atoms with Gasteiger partial charge in [0.05, 0.1) is 16.2 Å². The lowest BCUT2D eigenvalue weighted by Gasteiger charge is -2.30. The zero-order chi connectivity index (χ0) is 35.6. The highest BCUT2D eigenvalue weighted by Crippen LogP contribution is 2.26. The van der Waals surface area contributed by atoms with E-state index in [1.165, 1.54) is 12.1 Å². The van der Waals surface area contributed by atoms with Crippen LogP contribution in [0.3, 0.4) is 0 Å². The number of halogens is 6. The summed E-state index contributed by atoms with van der Waals surface area (Å²) in [4.78, 5) is 34.4. The van der Waals surface area contributed by atoms with Crippen LogP contribution in [-0.4, -0.2) is 77.9 Å². The van der Waals surface area contributed by atoms with Crippen LogP contribution in [-0.2, 0) is 30.8 Å². The molecule has 2 heterocycles. The molecule has 1 aliphatic heterocycles. The number of aromatic nitrogens is 1. The van der Waals surface area contributed by atoms with Crippen LogP contribution in [0.1, 0.15) is 17.7 Å². The Morgan fingerprint density at radius 2 is 1.53 bits per heavy atom. The predicted molar refractivity (Wildman–Crippen MR) is 151 cm³/mol. The summed E-state index contributed by atoms with van der Waals surface area (Å²) in [6.45, 7) is 3.28. The molecule has 0 aliphatic carbocycles. The summed E-state index contributed by atoms with van der Waals surface area (Å²) in [7, 11) is -3.62. The normalized spacial score (nSPS) is 16.5. The highest BCUT2D eigenvalue weighted by atomic mass is 32.2. The van der Waals surface area contributed by atoms with E-state index in [1.807, 2.05) is 37.3 Å². The summed E-state index contributed by atoms with van der Waals surface area (Å²) in [6.07, 6.45) is -9.69. The number of carbonyl (C=O) groups is 3. The summed E-state index contributed by atoms with van der Waals surface area (Å²) in [5, 5.41) is 27.4. The number of carbonyl (C=O) groups excluding carboxylic acids is 1. The molecule has 0 bridgehead atoms. The van der Waals surface area contributed by atoms with Gasteiger partial charge in [-0.05, 0) is 68.8 Å². The minimum Gasteiger partial charge on any atom is -0.489 e. The van der Waals surface area contributed by atoms with Crippen molar-refractivity contribution in [3.63, 3.8) is 0 Å². The lowest BCUT2D eigenvalue weighted by molar-refractivity contribution is -0.193. The van der Waals surface area contributed by atoms with E-state index in [2.05, 4.69) is 10.3 Å². The number of hydrogen-bond donors (Lipinski definition) is 5. The highest BCUT2D eigenvalue weighted by molar-refractivity contribution is 7.91. The number of sulfone groups is 1. The van der Waals surface area contributed by atoms with E-state index < -0.39 is 51.9 Å². The van der Waals surface area contributed by atoms with Crippen molar-refractivity contribution in [1.29, 1.82) is 0 Å². The van der Waals surface area contributed by atoms with Gasteiger partial charge in [-0.15, -0.1) is 0 Å². The van der Waals surface area contributed by atoms with E-state index in [-0.39, 0.29) is 10.6 Å². The van der Waals surface area contributed by atoms with Gasteiger partial charge in [-0.25, -0.2) is 23.5 Å². The van der Waals surface area contributed by atoms with E-state index in [1.54, 1.807) is 17.6 Å². The number of pyridine rings is 1. The molecular weight excluding hydrogens is 668 g/mol. The van der Waals surface area contributed by atoms with Crippen LogP contribution in [0.2, 0.25) is 0 Å². The first kappa shape index (κ1) is 38.7. The average Bonchev–Trinajstić information content (AvgIpc) is 2.99. The largest absolute Gasteiger partial charge is 0.490 e. The first-order chi connectivity index (χ1) is 21.8. The zero-order valence-corrected chi connectivity index (χ0v) is 25.1. The lowest BCUT2D eigenvalue weighted by atomic mass is 9.87. The third kappa shape index (κ3) is 12.0. The third-order valence-corrected chi connectivity index (χ3v) is 8.34. The summed E-state index contributed by atoms with van der Waals surface area (Å²) < 4.78 is 95.3. The van der Waals surface area contributed by atoms with Crippen LogP contribution in [0, 0.1) is 18.8 Å². The van der Waals surface area contributed by atoms with Crippen LogP contribution >= 0.6 is 0 Å². The number of aryl methyl sites for hydroxylation is 1. The predicted octanol–water partition coefficient (Wildman–Crippen LogP) is 3.89. The standard InChI is InChI=1S/C24H27N3O5S.2C2HF3O2/c1-16-12-17(21-4-2-3-5-23(21)26-16)14-32-19-6-8-20(9-7-19)33(30,31)15-18-13-25-11-10-22(18)24(28)27-29;2*3-2(4,5)1(6)7/h2-9,12,18,22,25,29H,10-11,13-15H2,1H3,(H,27,28);2*(H,6,7)/t18-,22-;;/m0../s1. The van der Waals surface area contributed by atoms with Gasteiger partial charge in [-0.2, -0.15) is 26.3 Å². The van der Waals surface area contributed by atoms with Gasteiger partial charge < -0.3 is 20.3 Å². The monoisotopic (exact) mass is 697 g/mol. The number of carboxylic acids is 2. The summed E-state index contributed by atoms with van der Waals surface area (Å²) >= 11 is 0. The molecule has 1 fully saturated rings. The molecule has 3 aromatic rings. The summed E-state index contributed by atoms with van der Waals surface area (Å²) in [6, 6.07) is 16.2. The Kier molecular flexibility index (Phi) is 13.5. The second-order valence-corrected chi connectivity index (χ2v) is 12.0. The van der Waals surface area contributed by atoms with Crippen molar-refractivity contribution < 1.29 is 69.3 Å². The van der Waals surface area contributed by atoms with Crippen LogP contribution in [0.25, 0.3) is 10.9 Å². The third-order valence-electron chi connectivity index (χ3n) is 6.48. The minimum absolute atomic E-state index is 0.175. The molecule has 2 atom stereocenters. The van der Waals surface area contributed by atoms with Gasteiger partial charge in [-0.3, -0.25) is 15.0 Å². The van der Waals surface area contributed by atoms with Crippen molar-refractivity contribution in [2.75, 3.05) is 18.8 Å². The van der Waals surface area contributed by atoms with Crippen LogP contribution in [0.5, 0.6) is 5.75 Å². The number of rotatable bonds is 7. The van der Waals surface area contributed by atoms with Crippen LogP contribution in [0.15, 0.2) is 59.5 Å². The Morgan fingerprint density at radius 3 is 2.06 bits per heavy atom. The number of hydrogen-bond acceptors (Lipinski definition) is 9. The number of nitrogens with one attached hydrogen (secondary N) is 2.